The van der Waals surface area contributed by atoms with Gasteiger partial charge in [0.1, 0.15) is 5.65 Å². The number of rotatable bonds is 0. The van der Waals surface area contributed by atoms with Crippen LogP contribution >= 0.6 is 15.9 Å². The van der Waals surface area contributed by atoms with Crippen LogP contribution in [-0.2, 0) is 0 Å². The summed E-state index contributed by atoms with van der Waals surface area (Å²) in [5.41, 5.74) is 2.16. The number of pyridine rings is 1. The molecule has 0 radical (unpaired) electrons. The van der Waals surface area contributed by atoms with Crippen molar-refractivity contribution in [1.29, 1.82) is 0 Å². The van der Waals surface area contributed by atoms with Gasteiger partial charge in [-0.1, -0.05) is 0 Å². The lowest BCUT2D eigenvalue weighted by Crippen LogP contribution is -1.72. The molecule has 0 unspecified atom stereocenters. The minimum Gasteiger partial charge on any atom is -0.334 e. The molecule has 56 valence electrons. The van der Waals surface area contributed by atoms with Gasteiger partial charge in [-0.05, 0) is 40.5 Å². The molecular weight excluding hydrogens is 204 g/mol. The average Bonchev–Trinajstić information content (AvgIpc) is 2.30. The number of hydrogen-bond acceptors (Lipinski definition) is 1. The number of halogens is 1. The van der Waals surface area contributed by atoms with Crippen LogP contribution in [0.1, 0.15) is 5.56 Å². The number of aryl methyl sites for hydroxylation is 1. The highest BCUT2D eigenvalue weighted by Crippen LogP contribution is 2.23. The molecule has 0 aliphatic carbocycles. The van der Waals surface area contributed by atoms with E-state index in [1.165, 1.54) is 10.9 Å². The summed E-state index contributed by atoms with van der Waals surface area (Å²) >= 11 is 3.41. The van der Waals surface area contributed by atoms with Crippen molar-refractivity contribution >= 4 is 27.0 Å². The Morgan fingerprint density at radius 2 is 2.36 bits per heavy atom. The summed E-state index contributed by atoms with van der Waals surface area (Å²) < 4.78 is 1.02. The Hall–Kier alpha value is -0.830. The minimum absolute atomic E-state index is 0.942. The fraction of sp³-hybridized carbons (Fsp3) is 0.125. The smallest absolute Gasteiger partial charge is 0.138 e. The van der Waals surface area contributed by atoms with E-state index in [9.17, 15) is 0 Å². The third kappa shape index (κ3) is 0.959. The first-order valence-electron chi connectivity index (χ1n) is 3.38. The maximum atomic E-state index is 4.18. The molecule has 0 atom stereocenters. The number of H-pyrrole nitrogens is 1. The van der Waals surface area contributed by atoms with Crippen LogP contribution in [0.4, 0.5) is 0 Å². The zero-order valence-corrected chi connectivity index (χ0v) is 7.64. The van der Waals surface area contributed by atoms with Crippen molar-refractivity contribution in [3.8, 4) is 0 Å². The summed E-state index contributed by atoms with van der Waals surface area (Å²) in [7, 11) is 0. The van der Waals surface area contributed by atoms with Crippen molar-refractivity contribution in [2.24, 2.45) is 0 Å². The molecular formula is C8H7BrN2. The highest BCUT2D eigenvalue weighted by atomic mass is 79.9. The maximum absolute atomic E-state index is 4.18. The third-order valence-corrected chi connectivity index (χ3v) is 2.56. The summed E-state index contributed by atoms with van der Waals surface area (Å²) in [4.78, 5) is 7.31. The van der Waals surface area contributed by atoms with Crippen LogP contribution in [0, 0.1) is 6.92 Å². The number of fused-ring (bicyclic) bond motifs is 1. The fourth-order valence-electron chi connectivity index (χ4n) is 1.12. The van der Waals surface area contributed by atoms with Crippen LogP contribution in [0.3, 0.4) is 0 Å². The van der Waals surface area contributed by atoms with Gasteiger partial charge >= 0.3 is 0 Å². The molecule has 0 aromatic carbocycles. The quantitative estimate of drug-likeness (QED) is 0.712. The second-order valence-electron chi connectivity index (χ2n) is 2.46. The van der Waals surface area contributed by atoms with Gasteiger partial charge in [0.05, 0.1) is 4.60 Å². The predicted molar refractivity (Wildman–Crippen MR) is 48.5 cm³/mol. The van der Waals surface area contributed by atoms with Gasteiger partial charge in [0.2, 0.25) is 0 Å². The first-order chi connectivity index (χ1) is 5.29. The van der Waals surface area contributed by atoms with E-state index in [-0.39, 0.29) is 0 Å². The van der Waals surface area contributed by atoms with Crippen LogP contribution in [0.5, 0.6) is 0 Å². The molecule has 3 heteroatoms. The van der Waals surface area contributed by atoms with Gasteiger partial charge in [-0.3, -0.25) is 0 Å². The number of aromatic nitrogens is 2. The lowest BCUT2D eigenvalue weighted by Gasteiger charge is -1.86. The molecule has 0 saturated heterocycles. The zero-order valence-electron chi connectivity index (χ0n) is 6.06. The molecule has 0 saturated carbocycles. The van der Waals surface area contributed by atoms with E-state index >= 15 is 0 Å². The number of aromatic amines is 1. The Balaban J connectivity index is 2.92. The monoisotopic (exact) mass is 210 g/mol. The topological polar surface area (TPSA) is 28.7 Å². The summed E-state index contributed by atoms with van der Waals surface area (Å²) in [5.74, 6) is 0. The Morgan fingerprint density at radius 1 is 1.55 bits per heavy atom. The van der Waals surface area contributed by atoms with E-state index in [1.807, 2.05) is 6.07 Å². The maximum Gasteiger partial charge on any atom is 0.138 e. The zero-order chi connectivity index (χ0) is 7.84. The largest absolute Gasteiger partial charge is 0.334 e. The molecule has 0 aliphatic rings. The third-order valence-electron chi connectivity index (χ3n) is 1.77. The van der Waals surface area contributed by atoms with Crippen LogP contribution in [0.2, 0.25) is 0 Å². The lowest BCUT2D eigenvalue weighted by atomic mass is 10.2. The standard InChI is InChI=1S/C8H7BrN2/c1-5-6-3-2-4-10-8(6)11-7(5)9/h2-4H,1H3,(H,10,11). The van der Waals surface area contributed by atoms with Gasteiger partial charge in [-0.25, -0.2) is 4.98 Å². The van der Waals surface area contributed by atoms with E-state index in [4.69, 9.17) is 0 Å². The van der Waals surface area contributed by atoms with E-state index in [0.717, 1.165) is 10.3 Å². The van der Waals surface area contributed by atoms with Crippen molar-refractivity contribution in [2.75, 3.05) is 0 Å². The molecule has 0 bridgehead atoms. The van der Waals surface area contributed by atoms with E-state index in [0.29, 0.717) is 0 Å². The fourth-order valence-corrected chi connectivity index (χ4v) is 1.52. The van der Waals surface area contributed by atoms with Gasteiger partial charge in [0.25, 0.3) is 0 Å². The van der Waals surface area contributed by atoms with Crippen LogP contribution in [0.15, 0.2) is 22.9 Å². The van der Waals surface area contributed by atoms with Crippen LogP contribution in [-0.4, -0.2) is 9.97 Å². The second kappa shape index (κ2) is 2.34. The molecule has 0 fully saturated rings. The SMILES string of the molecule is Cc1c(Br)[nH]c2ncccc12. The highest BCUT2D eigenvalue weighted by molar-refractivity contribution is 9.10. The molecule has 0 aliphatic heterocycles. The van der Waals surface area contributed by atoms with Crippen molar-refractivity contribution in [2.45, 2.75) is 6.92 Å². The van der Waals surface area contributed by atoms with Gasteiger partial charge in [0, 0.05) is 11.6 Å². The van der Waals surface area contributed by atoms with Crippen molar-refractivity contribution in [3.05, 3.63) is 28.5 Å². The molecule has 2 aromatic rings. The number of nitrogens with zero attached hydrogens (tertiary/aromatic N) is 1. The molecule has 2 nitrogen and oxygen atoms in total. The molecule has 2 rings (SSSR count). The second-order valence-corrected chi connectivity index (χ2v) is 3.26. The number of hydrogen-bond donors (Lipinski definition) is 1. The first kappa shape index (κ1) is 6.85. The summed E-state index contributed by atoms with van der Waals surface area (Å²) in [5, 5.41) is 1.18. The van der Waals surface area contributed by atoms with E-state index in [1.54, 1.807) is 6.20 Å². The lowest BCUT2D eigenvalue weighted by molar-refractivity contribution is 1.29. The van der Waals surface area contributed by atoms with Gasteiger partial charge < -0.3 is 4.98 Å². The predicted octanol–water partition coefficient (Wildman–Crippen LogP) is 2.63. The molecule has 0 amide bonds. The normalized spacial score (nSPS) is 10.7. The minimum atomic E-state index is 0.942. The van der Waals surface area contributed by atoms with E-state index in [2.05, 4.69) is 38.9 Å². The Morgan fingerprint density at radius 3 is 3.09 bits per heavy atom. The van der Waals surface area contributed by atoms with Crippen molar-refractivity contribution in [3.63, 3.8) is 0 Å². The first-order valence-corrected chi connectivity index (χ1v) is 4.17. The Bertz CT molecular complexity index is 392. The molecule has 1 N–H and O–H groups in total. The molecule has 11 heavy (non-hydrogen) atoms. The average molecular weight is 211 g/mol. The van der Waals surface area contributed by atoms with Crippen molar-refractivity contribution < 1.29 is 0 Å². The molecule has 2 aromatic heterocycles. The van der Waals surface area contributed by atoms with Gasteiger partial charge in [-0.15, -0.1) is 0 Å². The summed E-state index contributed by atoms with van der Waals surface area (Å²) in [6, 6.07) is 3.99. The number of nitrogens with one attached hydrogen (secondary N) is 1. The summed E-state index contributed by atoms with van der Waals surface area (Å²) in [6.45, 7) is 2.06. The van der Waals surface area contributed by atoms with Gasteiger partial charge in [-0.2, -0.15) is 0 Å². The Labute approximate surface area is 72.8 Å². The van der Waals surface area contributed by atoms with Gasteiger partial charge in [0.15, 0.2) is 0 Å². The Kier molecular flexibility index (Phi) is 1.46. The van der Waals surface area contributed by atoms with Crippen LogP contribution < -0.4 is 0 Å². The van der Waals surface area contributed by atoms with E-state index < -0.39 is 0 Å². The van der Waals surface area contributed by atoms with Crippen molar-refractivity contribution in [1.82, 2.24) is 9.97 Å². The molecule has 2 heterocycles. The van der Waals surface area contributed by atoms with Crippen LogP contribution in [0.25, 0.3) is 11.0 Å². The summed E-state index contributed by atoms with van der Waals surface area (Å²) in [6.07, 6.45) is 1.78. The molecule has 0 spiro atoms. The highest BCUT2D eigenvalue weighted by Gasteiger charge is 2.03.